The zero-order chi connectivity index (χ0) is 15.4. The van der Waals surface area contributed by atoms with Crippen molar-refractivity contribution in [3.63, 3.8) is 0 Å². The van der Waals surface area contributed by atoms with Crippen molar-refractivity contribution in [1.82, 2.24) is 9.97 Å². The van der Waals surface area contributed by atoms with Crippen LogP contribution in [0.5, 0.6) is 11.5 Å². The molecule has 3 aromatic rings. The molecule has 2 aromatic carbocycles. The summed E-state index contributed by atoms with van der Waals surface area (Å²) >= 11 is 9.23. The number of hydrogen-bond acceptors (Lipinski definition) is 4. The molecule has 4 nitrogen and oxygen atoms in total. The lowest BCUT2D eigenvalue weighted by Crippen LogP contribution is -1.98. The molecule has 110 valence electrons. The number of hydrogen-bond donors (Lipinski definition) is 1. The maximum atomic E-state index is 5.90. The second kappa shape index (κ2) is 6.77. The number of rotatable bonds is 4. The number of anilines is 2. The highest BCUT2D eigenvalue weighted by Crippen LogP contribution is 2.33. The van der Waals surface area contributed by atoms with Crippen molar-refractivity contribution in [3.8, 4) is 11.5 Å². The van der Waals surface area contributed by atoms with Crippen LogP contribution in [0.2, 0.25) is 5.28 Å². The second-order valence-electron chi connectivity index (χ2n) is 4.37. The molecule has 0 radical (unpaired) electrons. The Morgan fingerprint density at radius 2 is 1.73 bits per heavy atom. The molecule has 0 fully saturated rings. The molecule has 0 saturated carbocycles. The molecule has 0 atom stereocenters. The summed E-state index contributed by atoms with van der Waals surface area (Å²) < 4.78 is 6.61. The standard InChI is InChI=1S/C16H11BrClN3O/c17-12-10-19-16(18)21-15(12)20-13-8-4-5-9-14(13)22-11-6-2-1-3-7-11/h1-10H,(H,19,20,21). The van der Waals surface area contributed by atoms with Crippen LogP contribution in [-0.4, -0.2) is 9.97 Å². The molecule has 22 heavy (non-hydrogen) atoms. The van der Waals surface area contributed by atoms with Crippen LogP contribution in [0.4, 0.5) is 11.5 Å². The summed E-state index contributed by atoms with van der Waals surface area (Å²) in [7, 11) is 0. The normalized spacial score (nSPS) is 10.3. The number of nitrogens with zero attached hydrogens (tertiary/aromatic N) is 2. The van der Waals surface area contributed by atoms with Gasteiger partial charge in [0.2, 0.25) is 5.28 Å². The Hall–Kier alpha value is -2.11. The Balaban J connectivity index is 1.90. The van der Waals surface area contributed by atoms with Gasteiger partial charge in [0.05, 0.1) is 10.2 Å². The summed E-state index contributed by atoms with van der Waals surface area (Å²) in [5.74, 6) is 2.02. The fourth-order valence-electron chi connectivity index (χ4n) is 1.84. The van der Waals surface area contributed by atoms with Gasteiger partial charge in [0.15, 0.2) is 5.75 Å². The minimum atomic E-state index is 0.173. The van der Waals surface area contributed by atoms with Gasteiger partial charge in [-0.05, 0) is 51.8 Å². The molecule has 0 unspecified atom stereocenters. The molecule has 1 heterocycles. The molecule has 0 aliphatic heterocycles. The third-order valence-corrected chi connectivity index (χ3v) is 3.59. The van der Waals surface area contributed by atoms with Crippen molar-refractivity contribution >= 4 is 39.0 Å². The van der Waals surface area contributed by atoms with Gasteiger partial charge < -0.3 is 10.1 Å². The highest BCUT2D eigenvalue weighted by atomic mass is 79.9. The van der Waals surface area contributed by atoms with E-state index in [9.17, 15) is 0 Å². The quantitative estimate of drug-likeness (QED) is 0.617. The number of halogens is 2. The summed E-state index contributed by atoms with van der Waals surface area (Å²) in [5, 5.41) is 3.37. The lowest BCUT2D eigenvalue weighted by molar-refractivity contribution is 0.485. The number of nitrogens with one attached hydrogen (secondary N) is 1. The van der Waals surface area contributed by atoms with Crippen LogP contribution in [0.25, 0.3) is 0 Å². The van der Waals surface area contributed by atoms with Gasteiger partial charge in [0, 0.05) is 6.20 Å². The first-order valence-electron chi connectivity index (χ1n) is 6.49. The predicted molar refractivity (Wildman–Crippen MR) is 91.0 cm³/mol. The Bertz CT molecular complexity index is 783. The van der Waals surface area contributed by atoms with Gasteiger partial charge in [0.25, 0.3) is 0 Å². The Morgan fingerprint density at radius 3 is 2.55 bits per heavy atom. The predicted octanol–water partition coefficient (Wildman–Crippen LogP) is 5.43. The SMILES string of the molecule is Clc1ncc(Br)c(Nc2ccccc2Oc2ccccc2)n1. The molecule has 0 bridgehead atoms. The van der Waals surface area contributed by atoms with Crippen molar-refractivity contribution in [2.24, 2.45) is 0 Å². The molecule has 0 aliphatic carbocycles. The molecule has 3 rings (SSSR count). The van der Waals surface area contributed by atoms with Crippen LogP contribution in [0, 0.1) is 0 Å². The van der Waals surface area contributed by atoms with Gasteiger partial charge in [-0.25, -0.2) is 4.98 Å². The molecular weight excluding hydrogens is 366 g/mol. The highest BCUT2D eigenvalue weighted by Gasteiger charge is 2.09. The van der Waals surface area contributed by atoms with E-state index < -0.39 is 0 Å². The fourth-order valence-corrected chi connectivity index (χ4v) is 2.26. The van der Waals surface area contributed by atoms with Crippen LogP contribution < -0.4 is 10.1 Å². The third kappa shape index (κ3) is 3.55. The molecule has 0 spiro atoms. The molecule has 1 aromatic heterocycles. The fraction of sp³-hybridized carbons (Fsp3) is 0. The first-order chi connectivity index (χ1) is 10.7. The molecule has 0 saturated heterocycles. The molecular formula is C16H11BrClN3O. The van der Waals surface area contributed by atoms with Crippen molar-refractivity contribution in [2.45, 2.75) is 0 Å². The summed E-state index contributed by atoms with van der Waals surface area (Å²) in [6.07, 6.45) is 1.60. The van der Waals surface area contributed by atoms with E-state index in [-0.39, 0.29) is 5.28 Å². The first kappa shape index (κ1) is 14.8. The van der Waals surface area contributed by atoms with Crippen molar-refractivity contribution < 1.29 is 4.74 Å². The van der Waals surface area contributed by atoms with Crippen LogP contribution in [0.15, 0.2) is 65.3 Å². The maximum absolute atomic E-state index is 5.90. The zero-order valence-corrected chi connectivity index (χ0v) is 13.7. The third-order valence-electron chi connectivity index (χ3n) is 2.83. The highest BCUT2D eigenvalue weighted by molar-refractivity contribution is 9.10. The molecule has 0 aliphatic rings. The average Bonchev–Trinajstić information content (AvgIpc) is 2.54. The van der Waals surface area contributed by atoms with E-state index in [4.69, 9.17) is 16.3 Å². The van der Waals surface area contributed by atoms with E-state index in [1.54, 1.807) is 6.20 Å². The van der Waals surface area contributed by atoms with Gasteiger partial charge >= 0.3 is 0 Å². The van der Waals surface area contributed by atoms with Gasteiger partial charge in [-0.15, -0.1) is 0 Å². The minimum Gasteiger partial charge on any atom is -0.455 e. The van der Waals surface area contributed by atoms with E-state index in [1.165, 1.54) is 0 Å². The molecule has 0 amide bonds. The van der Waals surface area contributed by atoms with Crippen LogP contribution >= 0.6 is 27.5 Å². The summed E-state index contributed by atoms with van der Waals surface area (Å²) in [6.45, 7) is 0. The average molecular weight is 377 g/mol. The van der Waals surface area contributed by atoms with Crippen molar-refractivity contribution in [1.29, 1.82) is 0 Å². The van der Waals surface area contributed by atoms with Gasteiger partial charge in [0.1, 0.15) is 11.6 Å². The molecule has 6 heteroatoms. The maximum Gasteiger partial charge on any atom is 0.224 e. The minimum absolute atomic E-state index is 0.173. The summed E-state index contributed by atoms with van der Waals surface area (Å²) in [4.78, 5) is 8.06. The van der Waals surface area contributed by atoms with E-state index in [0.29, 0.717) is 16.0 Å². The van der Waals surface area contributed by atoms with Crippen LogP contribution in [0.3, 0.4) is 0 Å². The van der Waals surface area contributed by atoms with Crippen molar-refractivity contribution in [2.75, 3.05) is 5.32 Å². The monoisotopic (exact) mass is 375 g/mol. The Labute approximate surface area is 141 Å². The number of benzene rings is 2. The lowest BCUT2D eigenvalue weighted by atomic mass is 10.3. The van der Waals surface area contributed by atoms with E-state index in [0.717, 1.165) is 11.4 Å². The van der Waals surface area contributed by atoms with Crippen LogP contribution in [-0.2, 0) is 0 Å². The largest absolute Gasteiger partial charge is 0.455 e. The number of aromatic nitrogens is 2. The van der Waals surface area contributed by atoms with E-state index in [1.807, 2.05) is 54.6 Å². The van der Waals surface area contributed by atoms with E-state index in [2.05, 4.69) is 31.2 Å². The number of ether oxygens (including phenoxy) is 1. The molecule has 1 N–H and O–H groups in total. The Kier molecular flexibility index (Phi) is 4.56. The van der Waals surface area contributed by atoms with Crippen molar-refractivity contribution in [3.05, 3.63) is 70.6 Å². The van der Waals surface area contributed by atoms with Gasteiger partial charge in [-0.1, -0.05) is 30.3 Å². The second-order valence-corrected chi connectivity index (χ2v) is 5.56. The van der Waals surface area contributed by atoms with Crippen LogP contribution in [0.1, 0.15) is 0 Å². The summed E-state index contributed by atoms with van der Waals surface area (Å²) in [5.41, 5.74) is 0.779. The smallest absolute Gasteiger partial charge is 0.224 e. The topological polar surface area (TPSA) is 47.0 Å². The van der Waals surface area contributed by atoms with Gasteiger partial charge in [-0.3, -0.25) is 0 Å². The lowest BCUT2D eigenvalue weighted by Gasteiger charge is -2.13. The Morgan fingerprint density at radius 1 is 1.00 bits per heavy atom. The van der Waals surface area contributed by atoms with E-state index >= 15 is 0 Å². The first-order valence-corrected chi connectivity index (χ1v) is 7.66. The number of para-hydroxylation sites is 3. The summed E-state index contributed by atoms with van der Waals surface area (Å²) in [6, 6.07) is 17.2. The van der Waals surface area contributed by atoms with Gasteiger partial charge in [-0.2, -0.15) is 4.98 Å². The zero-order valence-electron chi connectivity index (χ0n) is 11.3.